The van der Waals surface area contributed by atoms with Crippen LogP contribution in [0, 0.1) is 24.0 Å². The Morgan fingerprint density at radius 3 is 2.31 bits per heavy atom. The number of nitrogens with one attached hydrogen (secondary N) is 1. The molecule has 5 rings (SSSR count). The van der Waals surface area contributed by atoms with Crippen molar-refractivity contribution < 1.29 is 33.5 Å². The molecule has 0 aliphatic carbocycles. The van der Waals surface area contributed by atoms with Gasteiger partial charge < -0.3 is 23.6 Å². The molecule has 228 valence electrons. The predicted molar refractivity (Wildman–Crippen MR) is 164 cm³/mol. The largest absolute Gasteiger partial charge is 0.486 e. The van der Waals surface area contributed by atoms with Gasteiger partial charge in [-0.25, -0.2) is 10.2 Å². The number of aromatic nitrogens is 1. The number of aryl methyl sites for hydroxylation is 2. The van der Waals surface area contributed by atoms with Gasteiger partial charge in [0.2, 0.25) is 0 Å². The van der Waals surface area contributed by atoms with E-state index in [1.807, 2.05) is 38.1 Å². The van der Waals surface area contributed by atoms with Gasteiger partial charge in [0.15, 0.2) is 11.5 Å². The number of carbonyl (C=O) groups excluding carboxylic acids is 1. The Morgan fingerprint density at radius 2 is 1.64 bits per heavy atom. The van der Waals surface area contributed by atoms with Crippen molar-refractivity contribution in [3.8, 4) is 17.2 Å². The first-order valence-electron chi connectivity index (χ1n) is 13.7. The van der Waals surface area contributed by atoms with Gasteiger partial charge in [-0.3, -0.25) is 14.9 Å². The number of benzene rings is 3. The highest BCUT2D eigenvalue weighted by Crippen LogP contribution is 2.28. The molecule has 1 amide bonds. The van der Waals surface area contributed by atoms with Crippen LogP contribution < -0.4 is 14.9 Å². The van der Waals surface area contributed by atoms with Crippen molar-refractivity contribution in [1.82, 2.24) is 9.99 Å². The molecule has 0 radical (unpaired) electrons. The summed E-state index contributed by atoms with van der Waals surface area (Å²) in [5.74, 6) is -0.534. The van der Waals surface area contributed by atoms with Gasteiger partial charge in [-0.2, -0.15) is 5.10 Å². The molecule has 12 heteroatoms. The standard InChI is InChI=1S/C33H28N4O8/c1-21-3-4-22(2)36(21)26-10-12-27(13-11-26)43-20-28-14-16-31(45-28)32(38)35-34-18-24-7-15-30(29(17-24)37(41)42)44-19-23-5-8-25(9-6-23)33(39)40/h3-18H,19-20H2,1-2H3,(H,35,38)(H,39,40)/b34-18+. The van der Waals surface area contributed by atoms with E-state index >= 15 is 0 Å². The molecule has 0 saturated heterocycles. The minimum Gasteiger partial charge on any atom is -0.486 e. The Balaban J connectivity index is 1.13. The number of ether oxygens (including phenoxy) is 2. The van der Waals surface area contributed by atoms with Gasteiger partial charge in [-0.15, -0.1) is 0 Å². The van der Waals surface area contributed by atoms with Crippen LogP contribution in [0.4, 0.5) is 5.69 Å². The fourth-order valence-corrected chi connectivity index (χ4v) is 4.50. The molecule has 0 fully saturated rings. The molecule has 0 atom stereocenters. The molecule has 12 nitrogen and oxygen atoms in total. The Morgan fingerprint density at radius 1 is 0.933 bits per heavy atom. The third-order valence-corrected chi connectivity index (χ3v) is 6.79. The number of nitro benzene ring substituents is 1. The molecule has 0 bridgehead atoms. The maximum absolute atomic E-state index is 12.5. The average molecular weight is 609 g/mol. The lowest BCUT2D eigenvalue weighted by Crippen LogP contribution is -2.16. The topological polar surface area (TPSA) is 158 Å². The summed E-state index contributed by atoms with van der Waals surface area (Å²) in [5.41, 5.74) is 6.45. The van der Waals surface area contributed by atoms with Crippen molar-refractivity contribution in [2.24, 2.45) is 5.10 Å². The zero-order valence-corrected chi connectivity index (χ0v) is 24.3. The number of hydrazone groups is 1. The predicted octanol–water partition coefficient (Wildman–Crippen LogP) is 6.22. The number of nitrogens with zero attached hydrogens (tertiary/aromatic N) is 3. The zero-order chi connectivity index (χ0) is 31.9. The highest BCUT2D eigenvalue weighted by atomic mass is 16.6. The fraction of sp³-hybridized carbons (Fsp3) is 0.121. The van der Waals surface area contributed by atoms with Crippen molar-refractivity contribution >= 4 is 23.8 Å². The summed E-state index contributed by atoms with van der Waals surface area (Å²) in [7, 11) is 0. The number of aromatic carboxylic acids is 1. The van der Waals surface area contributed by atoms with E-state index < -0.39 is 16.8 Å². The molecule has 5 aromatic rings. The summed E-state index contributed by atoms with van der Waals surface area (Å²) >= 11 is 0. The zero-order valence-electron chi connectivity index (χ0n) is 24.3. The summed E-state index contributed by atoms with van der Waals surface area (Å²) in [4.78, 5) is 34.5. The summed E-state index contributed by atoms with van der Waals surface area (Å²) in [5, 5.41) is 24.5. The number of furan rings is 1. The van der Waals surface area contributed by atoms with Crippen LogP contribution in [0.1, 0.15) is 49.2 Å². The number of nitro groups is 1. The van der Waals surface area contributed by atoms with Crippen LogP contribution in [0.5, 0.6) is 11.5 Å². The van der Waals surface area contributed by atoms with Gasteiger partial charge >= 0.3 is 17.6 Å². The normalized spacial score (nSPS) is 11.0. The Labute approximate surface area is 257 Å². The molecule has 2 heterocycles. The first-order chi connectivity index (χ1) is 21.7. The van der Waals surface area contributed by atoms with E-state index in [2.05, 4.69) is 27.2 Å². The van der Waals surface area contributed by atoms with Gasteiger partial charge in [0.1, 0.15) is 24.7 Å². The lowest BCUT2D eigenvalue weighted by Gasteiger charge is -2.10. The molecule has 0 aliphatic rings. The number of carboxylic acids is 1. The molecule has 2 aromatic heterocycles. The lowest BCUT2D eigenvalue weighted by atomic mass is 10.1. The van der Waals surface area contributed by atoms with Crippen LogP contribution in [0.2, 0.25) is 0 Å². The number of carboxylic acid groups (broad SMARTS) is 1. The van der Waals surface area contributed by atoms with E-state index in [0.717, 1.165) is 17.1 Å². The van der Waals surface area contributed by atoms with Gasteiger partial charge in [0, 0.05) is 28.7 Å². The van der Waals surface area contributed by atoms with Crippen LogP contribution in [0.25, 0.3) is 5.69 Å². The summed E-state index contributed by atoms with van der Waals surface area (Å²) in [6.45, 7) is 4.21. The summed E-state index contributed by atoms with van der Waals surface area (Å²) < 4.78 is 19.1. The van der Waals surface area contributed by atoms with E-state index in [-0.39, 0.29) is 36.0 Å². The van der Waals surface area contributed by atoms with Crippen molar-refractivity contribution in [3.63, 3.8) is 0 Å². The summed E-state index contributed by atoms with van der Waals surface area (Å²) in [6.07, 6.45) is 1.26. The Hall–Kier alpha value is -6.17. The third-order valence-electron chi connectivity index (χ3n) is 6.79. The van der Waals surface area contributed by atoms with E-state index in [9.17, 15) is 19.7 Å². The van der Waals surface area contributed by atoms with E-state index in [1.165, 1.54) is 36.5 Å². The van der Waals surface area contributed by atoms with Gasteiger partial charge in [-0.1, -0.05) is 12.1 Å². The SMILES string of the molecule is Cc1ccc(C)n1-c1ccc(OCc2ccc(C(=O)N/N=C/c3ccc(OCc4ccc(C(=O)O)cc4)c([N+](=O)[O-])c3)o2)cc1. The second-order valence-electron chi connectivity index (χ2n) is 9.97. The number of hydrogen-bond donors (Lipinski definition) is 2. The average Bonchev–Trinajstić information content (AvgIpc) is 3.65. The highest BCUT2D eigenvalue weighted by Gasteiger charge is 2.17. The highest BCUT2D eigenvalue weighted by molar-refractivity contribution is 5.92. The fourth-order valence-electron chi connectivity index (χ4n) is 4.50. The molecule has 0 spiro atoms. The molecular weight excluding hydrogens is 580 g/mol. The number of hydrogen-bond acceptors (Lipinski definition) is 8. The first kappa shape index (κ1) is 30.3. The molecule has 0 aliphatic heterocycles. The van der Waals surface area contributed by atoms with Crippen LogP contribution in [0.3, 0.4) is 0 Å². The molecule has 3 aromatic carbocycles. The molecule has 0 saturated carbocycles. The van der Waals surface area contributed by atoms with Gasteiger partial charge in [-0.05, 0) is 92.2 Å². The second-order valence-corrected chi connectivity index (χ2v) is 9.97. The third kappa shape index (κ3) is 7.43. The Kier molecular flexibility index (Phi) is 9.04. The van der Waals surface area contributed by atoms with Crippen molar-refractivity contribution in [2.75, 3.05) is 0 Å². The molecule has 45 heavy (non-hydrogen) atoms. The molecule has 0 unspecified atom stereocenters. The van der Waals surface area contributed by atoms with Crippen molar-refractivity contribution in [2.45, 2.75) is 27.1 Å². The van der Waals surface area contributed by atoms with Crippen molar-refractivity contribution in [1.29, 1.82) is 0 Å². The summed E-state index contributed by atoms with van der Waals surface area (Å²) in [6, 6.07) is 25.1. The van der Waals surface area contributed by atoms with Crippen LogP contribution in [-0.2, 0) is 13.2 Å². The molecule has 2 N–H and O–H groups in total. The van der Waals surface area contributed by atoms with Crippen LogP contribution in [-0.4, -0.2) is 32.7 Å². The monoisotopic (exact) mass is 608 g/mol. The Bertz CT molecular complexity index is 1850. The van der Waals surface area contributed by atoms with E-state index in [0.29, 0.717) is 22.6 Å². The number of rotatable bonds is 12. The van der Waals surface area contributed by atoms with Crippen molar-refractivity contribution in [3.05, 3.63) is 141 Å². The van der Waals surface area contributed by atoms with E-state index in [1.54, 1.807) is 24.3 Å². The quantitative estimate of drug-likeness (QED) is 0.0960. The minimum absolute atomic E-state index is 0.000496. The van der Waals surface area contributed by atoms with Crippen LogP contribution in [0.15, 0.2) is 101 Å². The lowest BCUT2D eigenvalue weighted by molar-refractivity contribution is -0.385. The van der Waals surface area contributed by atoms with Gasteiger partial charge in [0.05, 0.1) is 16.7 Å². The minimum atomic E-state index is -1.05. The van der Waals surface area contributed by atoms with Gasteiger partial charge in [0.25, 0.3) is 0 Å². The smallest absolute Gasteiger partial charge is 0.335 e. The number of amides is 1. The maximum Gasteiger partial charge on any atom is 0.335 e. The first-order valence-corrected chi connectivity index (χ1v) is 13.7. The maximum atomic E-state index is 12.5. The second kappa shape index (κ2) is 13.4. The van der Waals surface area contributed by atoms with E-state index in [4.69, 9.17) is 19.0 Å². The molecular formula is C33H28N4O8. The number of carbonyl (C=O) groups is 2. The van der Waals surface area contributed by atoms with Crippen LogP contribution >= 0.6 is 0 Å².